The average Bonchev–Trinajstić information content (AvgIpc) is 3.34. The number of rotatable bonds is 5. The number of hydrogen-bond donors (Lipinski definition) is 2. The van der Waals surface area contributed by atoms with Gasteiger partial charge in [0.05, 0.1) is 23.7 Å². The number of hydrogen-bond acceptors (Lipinski definition) is 4. The molecule has 2 N–H and O–H groups in total. The lowest BCUT2D eigenvalue weighted by Crippen LogP contribution is -3.14. The highest BCUT2D eigenvalue weighted by Gasteiger charge is 2.34. The number of nitrogens with one attached hydrogen (secondary N) is 2. The standard InChI is InChI=1S/C22H24N2O2S2/c1-15-16(2)28-22(23-21(25)17-7-4-3-5-8-17)19(15)20(18-9-6-14-27-18)24-10-12-26-13-11-24/h3-9,14,20H,10-13H2,1-2H3,(H,23,25)/p+1/t20-/m1/s1. The predicted molar refractivity (Wildman–Crippen MR) is 116 cm³/mol. The fourth-order valence-electron chi connectivity index (χ4n) is 3.78. The summed E-state index contributed by atoms with van der Waals surface area (Å²) in [4.78, 5) is 16.9. The van der Waals surface area contributed by atoms with Gasteiger partial charge in [-0.3, -0.25) is 4.79 Å². The van der Waals surface area contributed by atoms with E-state index in [1.54, 1.807) is 22.7 Å². The van der Waals surface area contributed by atoms with Crippen LogP contribution in [-0.2, 0) is 4.74 Å². The number of ether oxygens (including phenoxy) is 1. The number of morpholine rings is 1. The highest BCUT2D eigenvalue weighted by Crippen LogP contribution is 2.39. The number of carbonyl (C=O) groups excluding carboxylic acids is 1. The summed E-state index contributed by atoms with van der Waals surface area (Å²) >= 11 is 3.47. The molecule has 28 heavy (non-hydrogen) atoms. The van der Waals surface area contributed by atoms with E-state index in [0.717, 1.165) is 31.3 Å². The number of quaternary nitrogens is 1. The van der Waals surface area contributed by atoms with Crippen molar-refractivity contribution in [1.82, 2.24) is 0 Å². The van der Waals surface area contributed by atoms with Crippen LogP contribution in [0.3, 0.4) is 0 Å². The molecule has 1 amide bonds. The van der Waals surface area contributed by atoms with Crippen molar-refractivity contribution in [3.05, 3.63) is 74.3 Å². The third-order valence-corrected chi connectivity index (χ3v) is 7.43. The van der Waals surface area contributed by atoms with E-state index in [1.807, 2.05) is 30.3 Å². The molecule has 0 spiro atoms. The summed E-state index contributed by atoms with van der Waals surface area (Å²) in [7, 11) is 0. The van der Waals surface area contributed by atoms with Crippen LogP contribution in [-0.4, -0.2) is 32.2 Å². The van der Waals surface area contributed by atoms with Crippen LogP contribution in [0.15, 0.2) is 47.8 Å². The van der Waals surface area contributed by atoms with Gasteiger partial charge in [0, 0.05) is 10.4 Å². The Morgan fingerprint density at radius 1 is 1.11 bits per heavy atom. The minimum absolute atomic E-state index is 0.0509. The fourth-order valence-corrected chi connectivity index (χ4v) is 5.76. The van der Waals surface area contributed by atoms with Crippen molar-refractivity contribution >= 4 is 33.6 Å². The molecule has 4 nitrogen and oxygen atoms in total. The molecule has 1 atom stereocenters. The van der Waals surface area contributed by atoms with Gasteiger partial charge >= 0.3 is 0 Å². The van der Waals surface area contributed by atoms with Crippen molar-refractivity contribution in [3.8, 4) is 0 Å². The Morgan fingerprint density at radius 2 is 1.86 bits per heavy atom. The topological polar surface area (TPSA) is 42.8 Å². The van der Waals surface area contributed by atoms with Crippen LogP contribution in [0, 0.1) is 13.8 Å². The van der Waals surface area contributed by atoms with E-state index in [-0.39, 0.29) is 11.9 Å². The van der Waals surface area contributed by atoms with Crippen molar-refractivity contribution in [3.63, 3.8) is 0 Å². The van der Waals surface area contributed by atoms with Gasteiger partial charge in [-0.2, -0.15) is 0 Å². The molecule has 1 aromatic carbocycles. The Hall–Kier alpha value is -1.99. The Balaban J connectivity index is 1.73. The molecule has 6 heteroatoms. The summed E-state index contributed by atoms with van der Waals surface area (Å²) in [5, 5.41) is 6.32. The summed E-state index contributed by atoms with van der Waals surface area (Å²) in [5.74, 6) is -0.0509. The number of carbonyl (C=O) groups is 1. The van der Waals surface area contributed by atoms with Crippen molar-refractivity contribution in [2.24, 2.45) is 0 Å². The Bertz CT molecular complexity index is 929. The molecule has 2 aromatic heterocycles. The van der Waals surface area contributed by atoms with Crippen LogP contribution in [0.1, 0.15) is 37.3 Å². The zero-order valence-corrected chi connectivity index (χ0v) is 17.8. The van der Waals surface area contributed by atoms with Gasteiger partial charge in [0.1, 0.15) is 18.1 Å². The molecule has 0 saturated carbocycles. The monoisotopic (exact) mass is 413 g/mol. The highest BCUT2D eigenvalue weighted by molar-refractivity contribution is 7.16. The molecular weight excluding hydrogens is 388 g/mol. The van der Waals surface area contributed by atoms with Crippen LogP contribution in [0.25, 0.3) is 0 Å². The minimum Gasteiger partial charge on any atom is -0.370 e. The van der Waals surface area contributed by atoms with Gasteiger partial charge in [0.2, 0.25) is 0 Å². The first kappa shape index (κ1) is 19.3. The summed E-state index contributed by atoms with van der Waals surface area (Å²) in [5.41, 5.74) is 3.22. The molecule has 3 heterocycles. The Kier molecular flexibility index (Phi) is 5.92. The van der Waals surface area contributed by atoms with E-state index in [4.69, 9.17) is 4.74 Å². The minimum atomic E-state index is -0.0509. The number of aryl methyl sites for hydroxylation is 1. The number of thiophene rings is 2. The van der Waals surface area contributed by atoms with Crippen LogP contribution in [0.2, 0.25) is 0 Å². The number of anilines is 1. The van der Waals surface area contributed by atoms with E-state index in [0.29, 0.717) is 5.56 Å². The highest BCUT2D eigenvalue weighted by atomic mass is 32.1. The molecule has 1 saturated heterocycles. The maximum atomic E-state index is 12.8. The van der Waals surface area contributed by atoms with Gasteiger partial charge in [-0.05, 0) is 43.0 Å². The smallest absolute Gasteiger partial charge is 0.256 e. The van der Waals surface area contributed by atoms with E-state index in [9.17, 15) is 4.79 Å². The van der Waals surface area contributed by atoms with Crippen LogP contribution in [0.4, 0.5) is 5.00 Å². The molecule has 1 aliphatic rings. The second kappa shape index (κ2) is 8.57. The molecule has 0 unspecified atom stereocenters. The van der Waals surface area contributed by atoms with E-state index < -0.39 is 0 Å². The molecule has 0 radical (unpaired) electrons. The molecular formula is C22H25N2O2S2+. The van der Waals surface area contributed by atoms with Crippen molar-refractivity contribution in [1.29, 1.82) is 0 Å². The molecule has 0 aliphatic carbocycles. The quantitative estimate of drug-likeness (QED) is 0.670. The Labute approximate surface area is 173 Å². The SMILES string of the molecule is Cc1sc(NC(=O)c2ccccc2)c([C@@H](c2cccs2)[NH+]2CCOCC2)c1C. The normalized spacial score (nSPS) is 16.1. The fraction of sp³-hybridized carbons (Fsp3) is 0.318. The van der Waals surface area contributed by atoms with Crippen LogP contribution in [0.5, 0.6) is 0 Å². The number of benzene rings is 1. The summed E-state index contributed by atoms with van der Waals surface area (Å²) in [6.07, 6.45) is 0. The lowest BCUT2D eigenvalue weighted by Gasteiger charge is -2.32. The first-order valence-electron chi connectivity index (χ1n) is 9.57. The second-order valence-electron chi connectivity index (χ2n) is 7.07. The summed E-state index contributed by atoms with van der Waals surface area (Å²) in [6, 6.07) is 14.0. The van der Waals surface area contributed by atoms with Crippen molar-refractivity contribution in [2.75, 3.05) is 31.6 Å². The second-order valence-corrected chi connectivity index (χ2v) is 9.27. The Morgan fingerprint density at radius 3 is 2.54 bits per heavy atom. The van der Waals surface area contributed by atoms with Gasteiger partial charge in [-0.1, -0.05) is 24.3 Å². The molecule has 4 rings (SSSR count). The lowest BCUT2D eigenvalue weighted by atomic mass is 10.00. The maximum absolute atomic E-state index is 12.8. The van der Waals surface area contributed by atoms with Gasteiger partial charge in [-0.25, -0.2) is 0 Å². The van der Waals surface area contributed by atoms with Crippen molar-refractivity contribution in [2.45, 2.75) is 19.9 Å². The van der Waals surface area contributed by atoms with Gasteiger partial charge in [0.25, 0.3) is 5.91 Å². The zero-order chi connectivity index (χ0) is 19.5. The van der Waals surface area contributed by atoms with Gasteiger partial charge in [-0.15, -0.1) is 22.7 Å². The third kappa shape index (κ3) is 3.91. The molecule has 0 bridgehead atoms. The first-order valence-corrected chi connectivity index (χ1v) is 11.3. The zero-order valence-electron chi connectivity index (χ0n) is 16.2. The summed E-state index contributed by atoms with van der Waals surface area (Å²) in [6.45, 7) is 7.84. The largest absolute Gasteiger partial charge is 0.370 e. The van der Waals surface area contributed by atoms with Crippen LogP contribution >= 0.6 is 22.7 Å². The summed E-state index contributed by atoms with van der Waals surface area (Å²) < 4.78 is 5.61. The van der Waals surface area contributed by atoms with Crippen LogP contribution < -0.4 is 10.2 Å². The van der Waals surface area contributed by atoms with Gasteiger partial charge in [0.15, 0.2) is 6.04 Å². The maximum Gasteiger partial charge on any atom is 0.256 e. The van der Waals surface area contributed by atoms with Gasteiger partial charge < -0.3 is 15.0 Å². The number of amides is 1. The van der Waals surface area contributed by atoms with E-state index in [2.05, 4.69) is 36.7 Å². The average molecular weight is 414 g/mol. The molecule has 1 aliphatic heterocycles. The van der Waals surface area contributed by atoms with E-state index >= 15 is 0 Å². The molecule has 1 fully saturated rings. The molecule has 146 valence electrons. The molecule has 3 aromatic rings. The third-order valence-electron chi connectivity index (χ3n) is 5.35. The van der Waals surface area contributed by atoms with Crippen molar-refractivity contribution < 1.29 is 14.4 Å². The predicted octanol–water partition coefficient (Wildman–Crippen LogP) is 3.68. The van der Waals surface area contributed by atoms with E-state index in [1.165, 1.54) is 25.8 Å². The first-order chi connectivity index (χ1) is 13.6. The lowest BCUT2D eigenvalue weighted by molar-refractivity contribution is -0.932.